The molecule has 0 saturated heterocycles. The van der Waals surface area contributed by atoms with E-state index in [0.717, 1.165) is 5.56 Å². The fourth-order valence-corrected chi connectivity index (χ4v) is 2.53. The summed E-state index contributed by atoms with van der Waals surface area (Å²) in [5.74, 6) is -0.753. The predicted octanol–water partition coefficient (Wildman–Crippen LogP) is 1.96. The third kappa shape index (κ3) is 3.32. The quantitative estimate of drug-likeness (QED) is 0.783. The summed E-state index contributed by atoms with van der Waals surface area (Å²) in [6.07, 6.45) is 2.90. The van der Waals surface area contributed by atoms with Crippen LogP contribution in [0.15, 0.2) is 53.6 Å². The Morgan fingerprint density at radius 1 is 1.15 bits per heavy atom. The number of hydrogen-bond donors (Lipinski definition) is 1. The second-order valence-electron chi connectivity index (χ2n) is 6.15. The maximum absolute atomic E-state index is 12.6. The summed E-state index contributed by atoms with van der Waals surface area (Å²) in [6.45, 7) is 1.85. The number of pyridine rings is 1. The zero-order chi connectivity index (χ0) is 18.8. The van der Waals surface area contributed by atoms with E-state index in [1.54, 1.807) is 50.6 Å². The van der Waals surface area contributed by atoms with Crippen molar-refractivity contribution in [2.24, 2.45) is 0 Å². The van der Waals surface area contributed by atoms with Crippen LogP contribution in [0.1, 0.15) is 26.3 Å². The topological polar surface area (TPSA) is 83.8 Å². The van der Waals surface area contributed by atoms with Gasteiger partial charge < -0.3 is 10.2 Å². The van der Waals surface area contributed by atoms with Crippen molar-refractivity contribution in [2.75, 3.05) is 19.4 Å². The zero-order valence-electron chi connectivity index (χ0n) is 14.7. The Morgan fingerprint density at radius 2 is 1.92 bits per heavy atom. The summed E-state index contributed by atoms with van der Waals surface area (Å²) in [5, 5.41) is 2.65. The predicted molar refractivity (Wildman–Crippen MR) is 98.6 cm³/mol. The number of aryl methyl sites for hydroxylation is 1. The number of rotatable bonds is 3. The molecule has 7 heteroatoms. The van der Waals surface area contributed by atoms with Crippen molar-refractivity contribution in [1.82, 2.24) is 14.3 Å². The first-order chi connectivity index (χ1) is 12.4. The Kier molecular flexibility index (Phi) is 4.53. The highest BCUT2D eigenvalue weighted by Gasteiger charge is 2.15. The lowest BCUT2D eigenvalue weighted by atomic mass is 10.1. The molecule has 0 aliphatic carbocycles. The number of fused-ring (bicyclic) bond motifs is 1. The minimum absolute atomic E-state index is 0.0718. The minimum atomic E-state index is -0.576. The summed E-state index contributed by atoms with van der Waals surface area (Å²) in [4.78, 5) is 42.7. The molecule has 0 saturated carbocycles. The first-order valence-electron chi connectivity index (χ1n) is 7.98. The third-order valence-electron chi connectivity index (χ3n) is 3.87. The van der Waals surface area contributed by atoms with Gasteiger partial charge in [-0.15, -0.1) is 0 Å². The molecule has 26 heavy (non-hydrogen) atoms. The highest BCUT2D eigenvalue weighted by Crippen LogP contribution is 2.13. The van der Waals surface area contributed by atoms with E-state index in [1.807, 2.05) is 13.0 Å². The van der Waals surface area contributed by atoms with Crippen LogP contribution in [0.5, 0.6) is 0 Å². The summed E-state index contributed by atoms with van der Waals surface area (Å²) in [5.41, 5.74) is 1.70. The largest absolute Gasteiger partial charge is 0.345 e. The Hall–Kier alpha value is -3.48. The molecule has 0 fully saturated rings. The molecule has 0 unspecified atom stereocenters. The van der Waals surface area contributed by atoms with Gasteiger partial charge in [0.25, 0.3) is 17.4 Å². The molecular formula is C19H18N4O3. The summed E-state index contributed by atoms with van der Waals surface area (Å²) < 4.78 is 1.34. The second-order valence-corrected chi connectivity index (χ2v) is 6.15. The molecular weight excluding hydrogens is 332 g/mol. The molecule has 2 amide bonds. The van der Waals surface area contributed by atoms with Crippen LogP contribution >= 0.6 is 0 Å². The van der Waals surface area contributed by atoms with Gasteiger partial charge in [-0.05, 0) is 36.8 Å². The highest BCUT2D eigenvalue weighted by atomic mass is 16.2. The van der Waals surface area contributed by atoms with Gasteiger partial charge in [-0.25, -0.2) is 4.98 Å². The second kappa shape index (κ2) is 6.79. The molecule has 0 aliphatic rings. The van der Waals surface area contributed by atoms with E-state index in [2.05, 4.69) is 10.3 Å². The van der Waals surface area contributed by atoms with Crippen molar-refractivity contribution in [2.45, 2.75) is 6.92 Å². The van der Waals surface area contributed by atoms with Gasteiger partial charge in [-0.2, -0.15) is 0 Å². The molecule has 132 valence electrons. The van der Waals surface area contributed by atoms with Crippen LogP contribution in [0.3, 0.4) is 0 Å². The Bertz CT molecular complexity index is 1070. The smallest absolute Gasteiger partial charge is 0.270 e. The van der Waals surface area contributed by atoms with Gasteiger partial charge in [-0.3, -0.25) is 18.8 Å². The fourth-order valence-electron chi connectivity index (χ4n) is 2.53. The molecule has 0 atom stereocenters. The van der Waals surface area contributed by atoms with Gasteiger partial charge in [-0.1, -0.05) is 12.1 Å². The number of hydrogen-bond acceptors (Lipinski definition) is 4. The van der Waals surface area contributed by atoms with Crippen molar-refractivity contribution in [1.29, 1.82) is 0 Å². The van der Waals surface area contributed by atoms with Gasteiger partial charge in [0.1, 0.15) is 11.2 Å². The maximum atomic E-state index is 12.6. The zero-order valence-corrected chi connectivity index (χ0v) is 14.7. The molecule has 3 rings (SSSR count). The third-order valence-corrected chi connectivity index (χ3v) is 3.87. The van der Waals surface area contributed by atoms with E-state index < -0.39 is 11.5 Å². The molecule has 0 aliphatic heterocycles. The monoisotopic (exact) mass is 350 g/mol. The number of benzene rings is 1. The van der Waals surface area contributed by atoms with Gasteiger partial charge >= 0.3 is 0 Å². The summed E-state index contributed by atoms with van der Waals surface area (Å²) in [7, 11) is 3.30. The first-order valence-corrected chi connectivity index (χ1v) is 7.98. The number of carbonyl (C=O) groups excluding carboxylic acids is 2. The van der Waals surface area contributed by atoms with Crippen LogP contribution in [0, 0.1) is 6.92 Å². The standard InChI is InChI=1S/C19H18N4O3/c1-12-7-8-16-20-10-15(19(26)23(16)11-12)17(24)21-14-6-4-5-13(9-14)18(25)22(2)3/h4-11H,1-3H3,(H,21,24). The van der Waals surface area contributed by atoms with Crippen molar-refractivity contribution in [3.05, 3.63) is 75.8 Å². The van der Waals surface area contributed by atoms with Crippen LogP contribution < -0.4 is 10.9 Å². The molecule has 1 aromatic carbocycles. The van der Waals surface area contributed by atoms with Crippen molar-refractivity contribution < 1.29 is 9.59 Å². The van der Waals surface area contributed by atoms with Crippen molar-refractivity contribution >= 4 is 23.1 Å². The van der Waals surface area contributed by atoms with E-state index in [-0.39, 0.29) is 11.5 Å². The summed E-state index contributed by atoms with van der Waals surface area (Å²) >= 11 is 0. The van der Waals surface area contributed by atoms with Crippen molar-refractivity contribution in [3.8, 4) is 0 Å². The Balaban J connectivity index is 1.93. The lowest BCUT2D eigenvalue weighted by molar-refractivity contribution is 0.0827. The average molecular weight is 350 g/mol. The van der Waals surface area contributed by atoms with Crippen molar-refractivity contribution in [3.63, 3.8) is 0 Å². The molecule has 0 bridgehead atoms. The Labute approximate surface area is 149 Å². The number of anilines is 1. The summed E-state index contributed by atoms with van der Waals surface area (Å²) in [6, 6.07) is 10.1. The number of aromatic nitrogens is 2. The van der Waals surface area contributed by atoms with Crippen LogP contribution in [0.25, 0.3) is 5.65 Å². The minimum Gasteiger partial charge on any atom is -0.345 e. The molecule has 1 N–H and O–H groups in total. The van der Waals surface area contributed by atoms with Gasteiger partial charge in [0.2, 0.25) is 0 Å². The van der Waals surface area contributed by atoms with E-state index in [1.165, 1.54) is 15.5 Å². The van der Waals surface area contributed by atoms with Gasteiger partial charge in [0.05, 0.1) is 0 Å². The van der Waals surface area contributed by atoms with Gasteiger partial charge in [0.15, 0.2) is 0 Å². The number of nitrogens with one attached hydrogen (secondary N) is 1. The molecule has 3 aromatic rings. The van der Waals surface area contributed by atoms with Crippen LogP contribution in [-0.4, -0.2) is 40.2 Å². The maximum Gasteiger partial charge on any atom is 0.270 e. The van der Waals surface area contributed by atoms with E-state index in [0.29, 0.717) is 16.9 Å². The molecule has 2 heterocycles. The van der Waals surface area contributed by atoms with Crippen LogP contribution in [-0.2, 0) is 0 Å². The van der Waals surface area contributed by atoms with E-state index >= 15 is 0 Å². The molecule has 0 spiro atoms. The fraction of sp³-hybridized carbons (Fsp3) is 0.158. The van der Waals surface area contributed by atoms with E-state index in [4.69, 9.17) is 0 Å². The first kappa shape index (κ1) is 17.3. The normalized spacial score (nSPS) is 10.6. The van der Waals surface area contributed by atoms with Crippen LogP contribution in [0.2, 0.25) is 0 Å². The lowest BCUT2D eigenvalue weighted by Gasteiger charge is -2.11. The van der Waals surface area contributed by atoms with E-state index in [9.17, 15) is 14.4 Å². The number of nitrogens with zero attached hydrogens (tertiary/aromatic N) is 3. The molecule has 7 nitrogen and oxygen atoms in total. The van der Waals surface area contributed by atoms with Gasteiger partial charge in [0, 0.05) is 37.7 Å². The molecule has 2 aromatic heterocycles. The average Bonchev–Trinajstić information content (AvgIpc) is 2.62. The number of amides is 2. The van der Waals surface area contributed by atoms with Crippen LogP contribution in [0.4, 0.5) is 5.69 Å². The highest BCUT2D eigenvalue weighted by molar-refractivity contribution is 6.04. The molecule has 0 radical (unpaired) electrons. The number of carbonyl (C=O) groups is 2. The lowest BCUT2D eigenvalue weighted by Crippen LogP contribution is -2.27. The Morgan fingerprint density at radius 3 is 2.65 bits per heavy atom. The SMILES string of the molecule is Cc1ccc2ncc(C(=O)Nc3cccc(C(=O)N(C)C)c3)c(=O)n2c1.